The fourth-order valence-corrected chi connectivity index (χ4v) is 3.34. The highest BCUT2D eigenvalue weighted by Crippen LogP contribution is 2.31. The first-order valence-corrected chi connectivity index (χ1v) is 8.22. The zero-order valence-corrected chi connectivity index (χ0v) is 14.8. The minimum Gasteiger partial charge on any atom is -0.323 e. The van der Waals surface area contributed by atoms with Crippen LogP contribution >= 0.6 is 23.2 Å². The maximum absolute atomic E-state index is 12.9. The molecule has 3 amide bonds. The Bertz CT molecular complexity index is 800. The Balaban J connectivity index is 1.91. The molecular formula is C18H16Cl2N2O2. The Hall–Kier alpha value is -2.04. The Labute approximate surface area is 150 Å². The number of nitrogens with one attached hydrogen (secondary N) is 1. The maximum atomic E-state index is 12.9. The number of imide groups is 1. The van der Waals surface area contributed by atoms with Crippen LogP contribution in [0.2, 0.25) is 10.0 Å². The average molecular weight is 363 g/mol. The quantitative estimate of drug-likeness (QED) is 0.824. The highest BCUT2D eigenvalue weighted by atomic mass is 35.5. The number of urea groups is 1. The minimum atomic E-state index is -1.01. The summed E-state index contributed by atoms with van der Waals surface area (Å²) in [4.78, 5) is 26.4. The van der Waals surface area contributed by atoms with Crippen molar-refractivity contribution < 1.29 is 9.59 Å². The lowest BCUT2D eigenvalue weighted by atomic mass is 9.92. The van der Waals surface area contributed by atoms with E-state index in [2.05, 4.69) is 5.32 Å². The first-order chi connectivity index (χ1) is 11.3. The number of anilines is 1. The lowest BCUT2D eigenvalue weighted by Crippen LogP contribution is -2.46. The highest BCUT2D eigenvalue weighted by Gasteiger charge is 2.48. The number of hydrogen-bond acceptors (Lipinski definition) is 2. The fourth-order valence-electron chi connectivity index (χ4n) is 2.82. The number of halogens is 2. The number of rotatable bonds is 3. The molecular weight excluding hydrogens is 347 g/mol. The van der Waals surface area contributed by atoms with Crippen molar-refractivity contribution in [3.8, 4) is 0 Å². The molecule has 1 aliphatic rings. The predicted molar refractivity (Wildman–Crippen MR) is 95.8 cm³/mol. The van der Waals surface area contributed by atoms with Crippen LogP contribution in [-0.4, -0.2) is 17.5 Å². The number of nitrogens with zero attached hydrogens (tertiary/aromatic N) is 1. The number of amides is 3. The van der Waals surface area contributed by atoms with E-state index in [1.165, 1.54) is 0 Å². The van der Waals surface area contributed by atoms with Crippen molar-refractivity contribution in [2.45, 2.75) is 25.8 Å². The summed E-state index contributed by atoms with van der Waals surface area (Å²) in [5.74, 6) is -0.327. The monoisotopic (exact) mass is 362 g/mol. The summed E-state index contributed by atoms with van der Waals surface area (Å²) in [6, 6.07) is 12.0. The molecule has 0 spiro atoms. The van der Waals surface area contributed by atoms with Gasteiger partial charge in [-0.15, -0.1) is 0 Å². The molecule has 1 saturated heterocycles. The van der Waals surface area contributed by atoms with E-state index in [1.54, 1.807) is 25.1 Å². The fraction of sp³-hybridized carbons (Fsp3) is 0.222. The van der Waals surface area contributed by atoms with Crippen molar-refractivity contribution in [1.82, 2.24) is 5.32 Å². The summed E-state index contributed by atoms with van der Waals surface area (Å²) >= 11 is 12.0. The van der Waals surface area contributed by atoms with Crippen molar-refractivity contribution in [2.24, 2.45) is 0 Å². The van der Waals surface area contributed by atoms with Gasteiger partial charge in [0.05, 0.1) is 5.69 Å². The average Bonchev–Trinajstić information content (AvgIpc) is 2.70. The molecule has 0 unspecified atom stereocenters. The summed E-state index contributed by atoms with van der Waals surface area (Å²) in [6.45, 7) is 3.72. The van der Waals surface area contributed by atoms with Crippen molar-refractivity contribution >= 4 is 40.8 Å². The van der Waals surface area contributed by atoms with Gasteiger partial charge in [0.15, 0.2) is 0 Å². The number of hydrogen-bond donors (Lipinski definition) is 1. The lowest BCUT2D eigenvalue weighted by molar-refractivity contribution is -0.121. The molecule has 6 heteroatoms. The molecule has 2 aromatic carbocycles. The van der Waals surface area contributed by atoms with Gasteiger partial charge < -0.3 is 5.32 Å². The molecule has 124 valence electrons. The van der Waals surface area contributed by atoms with Crippen LogP contribution in [0.4, 0.5) is 10.5 Å². The standard InChI is InChI=1S/C18H16Cl2N2O2/c1-11-3-5-12(6-4-11)10-18(2)16(23)22(17(24)21-18)15-8-13(19)7-14(20)9-15/h3-9H,10H2,1-2H3,(H,21,24)/t18-/m1/s1. The van der Waals surface area contributed by atoms with Gasteiger partial charge in [0, 0.05) is 16.5 Å². The van der Waals surface area contributed by atoms with Gasteiger partial charge in [-0.2, -0.15) is 0 Å². The molecule has 0 aromatic heterocycles. The number of carbonyl (C=O) groups is 2. The van der Waals surface area contributed by atoms with E-state index in [-0.39, 0.29) is 5.91 Å². The van der Waals surface area contributed by atoms with Crippen molar-refractivity contribution in [3.05, 3.63) is 63.6 Å². The molecule has 3 rings (SSSR count). The molecule has 4 nitrogen and oxygen atoms in total. The summed E-state index contributed by atoms with van der Waals surface area (Å²) in [6.07, 6.45) is 0.405. The van der Waals surface area contributed by atoms with Gasteiger partial charge in [0.1, 0.15) is 5.54 Å². The second-order valence-corrected chi connectivity index (χ2v) is 7.07. The van der Waals surface area contributed by atoms with E-state index < -0.39 is 11.6 Å². The molecule has 0 saturated carbocycles. The molecule has 1 N–H and O–H groups in total. The zero-order chi connectivity index (χ0) is 17.5. The van der Waals surface area contributed by atoms with E-state index in [9.17, 15) is 9.59 Å². The molecule has 2 aromatic rings. The molecule has 24 heavy (non-hydrogen) atoms. The third-order valence-corrected chi connectivity index (χ3v) is 4.48. The Kier molecular flexibility index (Phi) is 4.28. The van der Waals surface area contributed by atoms with Crippen molar-refractivity contribution in [3.63, 3.8) is 0 Å². The Morgan fingerprint density at radius 3 is 2.21 bits per heavy atom. The lowest BCUT2D eigenvalue weighted by Gasteiger charge is -2.22. The van der Waals surface area contributed by atoms with E-state index in [4.69, 9.17) is 23.2 Å². The minimum absolute atomic E-state index is 0.327. The van der Waals surface area contributed by atoms with E-state index in [0.717, 1.165) is 16.0 Å². The Morgan fingerprint density at radius 1 is 1.04 bits per heavy atom. The second-order valence-electron chi connectivity index (χ2n) is 6.19. The molecule has 1 fully saturated rings. The van der Waals surface area contributed by atoms with Gasteiger partial charge >= 0.3 is 6.03 Å². The Morgan fingerprint density at radius 2 is 1.62 bits per heavy atom. The van der Waals surface area contributed by atoms with E-state index in [1.807, 2.05) is 31.2 Å². The normalized spacial score (nSPS) is 20.4. The van der Waals surface area contributed by atoms with E-state index >= 15 is 0 Å². The predicted octanol–water partition coefficient (Wildman–Crippen LogP) is 4.36. The second kappa shape index (κ2) is 6.11. The number of carbonyl (C=O) groups excluding carboxylic acids is 2. The van der Waals surface area contributed by atoms with Crippen molar-refractivity contribution in [1.29, 1.82) is 0 Å². The van der Waals surface area contributed by atoms with Gasteiger partial charge in [-0.25, -0.2) is 9.69 Å². The zero-order valence-electron chi connectivity index (χ0n) is 13.3. The smallest absolute Gasteiger partial charge is 0.323 e. The van der Waals surface area contributed by atoms with Crippen LogP contribution in [0.5, 0.6) is 0 Å². The summed E-state index contributed by atoms with van der Waals surface area (Å²) < 4.78 is 0. The third kappa shape index (κ3) is 3.12. The van der Waals surface area contributed by atoms with Crippen LogP contribution in [0, 0.1) is 6.92 Å². The first-order valence-electron chi connectivity index (χ1n) is 7.47. The first kappa shape index (κ1) is 16.8. The molecule has 0 bridgehead atoms. The van der Waals surface area contributed by atoms with Crippen LogP contribution in [-0.2, 0) is 11.2 Å². The van der Waals surface area contributed by atoms with Crippen LogP contribution in [0.1, 0.15) is 18.1 Å². The highest BCUT2D eigenvalue weighted by molar-refractivity contribution is 6.35. The van der Waals surface area contributed by atoms with Gasteiger partial charge in [0.2, 0.25) is 0 Å². The van der Waals surface area contributed by atoms with Crippen molar-refractivity contribution in [2.75, 3.05) is 4.90 Å². The summed E-state index contributed by atoms with van der Waals surface area (Å²) in [5.41, 5.74) is 1.47. The van der Waals surface area contributed by atoms with Gasteiger partial charge in [-0.05, 0) is 37.6 Å². The van der Waals surface area contributed by atoms with Crippen LogP contribution in [0.3, 0.4) is 0 Å². The van der Waals surface area contributed by atoms with Gasteiger partial charge in [-0.3, -0.25) is 4.79 Å². The van der Waals surface area contributed by atoms with Crippen LogP contribution in [0.25, 0.3) is 0 Å². The SMILES string of the molecule is Cc1ccc(C[C@@]2(C)NC(=O)N(c3cc(Cl)cc(Cl)c3)C2=O)cc1. The topological polar surface area (TPSA) is 49.4 Å². The van der Waals surface area contributed by atoms with Gasteiger partial charge in [-0.1, -0.05) is 53.0 Å². The molecule has 1 aliphatic heterocycles. The summed E-state index contributed by atoms with van der Waals surface area (Å²) in [7, 11) is 0. The molecule has 1 atom stereocenters. The van der Waals surface area contributed by atoms with Gasteiger partial charge in [0.25, 0.3) is 5.91 Å². The van der Waals surface area contributed by atoms with Crippen LogP contribution in [0.15, 0.2) is 42.5 Å². The van der Waals surface area contributed by atoms with E-state index in [0.29, 0.717) is 22.2 Å². The third-order valence-electron chi connectivity index (χ3n) is 4.04. The number of benzene rings is 2. The number of aryl methyl sites for hydroxylation is 1. The molecule has 0 aliphatic carbocycles. The largest absolute Gasteiger partial charge is 0.329 e. The van der Waals surface area contributed by atoms with Crippen LogP contribution < -0.4 is 10.2 Å². The maximum Gasteiger partial charge on any atom is 0.329 e. The molecule has 1 heterocycles. The molecule has 0 radical (unpaired) electrons. The summed E-state index contributed by atoms with van der Waals surface area (Å²) in [5, 5.41) is 3.51.